The molecule has 106 valence electrons. The lowest BCUT2D eigenvalue weighted by Crippen LogP contribution is -2.08. The number of pyridine rings is 1. The Morgan fingerprint density at radius 2 is 2.24 bits per heavy atom. The first-order valence-corrected chi connectivity index (χ1v) is 5.85. The van der Waals surface area contributed by atoms with E-state index in [1.807, 2.05) is 0 Å². The van der Waals surface area contributed by atoms with Gasteiger partial charge in [0.1, 0.15) is 23.3 Å². The highest BCUT2D eigenvalue weighted by Gasteiger charge is 2.14. The summed E-state index contributed by atoms with van der Waals surface area (Å²) in [6, 6.07) is 7.03. The molecule has 2 rings (SSSR count). The first-order valence-electron chi connectivity index (χ1n) is 5.85. The van der Waals surface area contributed by atoms with Crippen molar-refractivity contribution < 1.29 is 13.9 Å². The van der Waals surface area contributed by atoms with Crippen LogP contribution in [0.25, 0.3) is 0 Å². The minimum atomic E-state index is -0.624. The average Bonchev–Trinajstić information content (AvgIpc) is 2.50. The van der Waals surface area contributed by atoms with E-state index in [1.165, 1.54) is 31.5 Å². The number of esters is 1. The van der Waals surface area contributed by atoms with Gasteiger partial charge in [-0.2, -0.15) is 5.26 Å². The number of aromatic nitrogens is 1. The van der Waals surface area contributed by atoms with E-state index in [2.05, 4.69) is 15.0 Å². The topological polar surface area (TPSA) is 101 Å². The number of carbonyl (C=O) groups excluding carboxylic acids is 1. The van der Waals surface area contributed by atoms with E-state index < -0.39 is 11.8 Å². The quantitative estimate of drug-likeness (QED) is 0.839. The van der Waals surface area contributed by atoms with Crippen molar-refractivity contribution in [3.05, 3.63) is 47.4 Å². The number of benzene rings is 1. The van der Waals surface area contributed by atoms with Crippen molar-refractivity contribution in [1.82, 2.24) is 4.98 Å². The van der Waals surface area contributed by atoms with Crippen molar-refractivity contribution in [1.29, 1.82) is 5.26 Å². The van der Waals surface area contributed by atoms with Crippen molar-refractivity contribution in [2.24, 2.45) is 0 Å². The van der Waals surface area contributed by atoms with Crippen LogP contribution in [0.5, 0.6) is 0 Å². The largest absolute Gasteiger partial charge is 0.465 e. The predicted octanol–water partition coefficient (Wildman–Crippen LogP) is 2.20. The van der Waals surface area contributed by atoms with Crippen LogP contribution in [0.2, 0.25) is 0 Å². The van der Waals surface area contributed by atoms with Crippen molar-refractivity contribution in [2.75, 3.05) is 18.2 Å². The fourth-order valence-corrected chi connectivity index (χ4v) is 1.67. The molecule has 1 aromatic heterocycles. The molecule has 1 heterocycles. The molecule has 0 saturated carbocycles. The number of anilines is 3. The van der Waals surface area contributed by atoms with E-state index in [4.69, 9.17) is 11.0 Å². The Labute approximate surface area is 120 Å². The van der Waals surface area contributed by atoms with Crippen molar-refractivity contribution >= 4 is 23.2 Å². The lowest BCUT2D eigenvalue weighted by atomic mass is 10.2. The second-order valence-corrected chi connectivity index (χ2v) is 4.09. The summed E-state index contributed by atoms with van der Waals surface area (Å²) >= 11 is 0. The molecule has 0 atom stereocenters. The van der Waals surface area contributed by atoms with Crippen LogP contribution >= 0.6 is 0 Å². The molecule has 0 spiro atoms. The van der Waals surface area contributed by atoms with Crippen LogP contribution < -0.4 is 11.1 Å². The van der Waals surface area contributed by atoms with E-state index in [1.54, 1.807) is 6.07 Å². The summed E-state index contributed by atoms with van der Waals surface area (Å²) in [7, 11) is 1.24. The van der Waals surface area contributed by atoms with E-state index in [9.17, 15) is 9.18 Å². The molecule has 0 aliphatic heterocycles. The van der Waals surface area contributed by atoms with Crippen LogP contribution in [0.15, 0.2) is 30.5 Å². The van der Waals surface area contributed by atoms with E-state index in [0.29, 0.717) is 11.4 Å². The summed E-state index contributed by atoms with van der Waals surface area (Å²) < 4.78 is 17.9. The molecule has 3 N–H and O–H groups in total. The highest BCUT2D eigenvalue weighted by molar-refractivity contribution is 5.96. The molecule has 0 fully saturated rings. The lowest BCUT2D eigenvalue weighted by molar-refractivity contribution is 0.0601. The predicted molar refractivity (Wildman–Crippen MR) is 74.4 cm³/mol. The summed E-state index contributed by atoms with van der Waals surface area (Å²) in [5.41, 5.74) is 6.33. The van der Waals surface area contributed by atoms with Crippen LogP contribution in [0.1, 0.15) is 15.9 Å². The molecule has 0 amide bonds. The van der Waals surface area contributed by atoms with Crippen LogP contribution in [-0.4, -0.2) is 18.1 Å². The lowest BCUT2D eigenvalue weighted by Gasteiger charge is -2.10. The van der Waals surface area contributed by atoms with Gasteiger partial charge in [0.15, 0.2) is 0 Å². The van der Waals surface area contributed by atoms with Gasteiger partial charge in [0, 0.05) is 5.69 Å². The molecule has 0 aliphatic rings. The van der Waals surface area contributed by atoms with Gasteiger partial charge in [0.2, 0.25) is 0 Å². The molecule has 2 aromatic rings. The maximum atomic E-state index is 13.3. The van der Waals surface area contributed by atoms with E-state index >= 15 is 0 Å². The van der Waals surface area contributed by atoms with Crippen molar-refractivity contribution in [3.63, 3.8) is 0 Å². The fourth-order valence-electron chi connectivity index (χ4n) is 1.67. The molecule has 6 nitrogen and oxygen atoms in total. The van der Waals surface area contributed by atoms with Gasteiger partial charge in [-0.3, -0.25) is 0 Å². The molecule has 1 aromatic carbocycles. The van der Waals surface area contributed by atoms with Crippen LogP contribution in [0.3, 0.4) is 0 Å². The number of nitrogens with two attached hydrogens (primary N) is 1. The second-order valence-electron chi connectivity index (χ2n) is 4.09. The number of carbonyl (C=O) groups is 1. The standard InChI is InChI=1S/C14H11FN4O2/c1-21-14(20)11-5-9(17)7-18-13(11)19-10-2-3-12(15)8(4-10)6-16/h2-5,7H,17H2,1H3,(H,18,19). The Morgan fingerprint density at radius 1 is 1.48 bits per heavy atom. The van der Waals surface area contributed by atoms with Gasteiger partial charge in [-0.25, -0.2) is 14.2 Å². The number of nitriles is 1. The van der Waals surface area contributed by atoms with Gasteiger partial charge in [-0.05, 0) is 24.3 Å². The SMILES string of the molecule is COC(=O)c1cc(N)cnc1Nc1ccc(F)c(C#N)c1. The molecule has 0 bridgehead atoms. The molecular weight excluding hydrogens is 275 g/mol. The highest BCUT2D eigenvalue weighted by Crippen LogP contribution is 2.22. The van der Waals surface area contributed by atoms with Crippen molar-refractivity contribution in [3.8, 4) is 6.07 Å². The van der Waals surface area contributed by atoms with Gasteiger partial charge < -0.3 is 15.8 Å². The number of nitrogens with zero attached hydrogens (tertiary/aromatic N) is 2. The number of rotatable bonds is 3. The maximum Gasteiger partial charge on any atom is 0.341 e. The summed E-state index contributed by atoms with van der Waals surface area (Å²) in [6.07, 6.45) is 1.36. The molecule has 21 heavy (non-hydrogen) atoms. The first kappa shape index (κ1) is 14.3. The Balaban J connectivity index is 2.40. The number of halogens is 1. The summed E-state index contributed by atoms with van der Waals surface area (Å²) in [5, 5.41) is 11.6. The molecule has 7 heteroatoms. The molecule has 0 saturated heterocycles. The summed E-state index contributed by atoms with van der Waals surface area (Å²) in [4.78, 5) is 15.7. The number of nitrogen functional groups attached to an aromatic ring is 1. The third-order valence-electron chi connectivity index (χ3n) is 2.66. The third-order valence-corrected chi connectivity index (χ3v) is 2.66. The Morgan fingerprint density at radius 3 is 2.90 bits per heavy atom. The Kier molecular flexibility index (Phi) is 4.00. The maximum absolute atomic E-state index is 13.3. The average molecular weight is 286 g/mol. The Hall–Kier alpha value is -3.14. The molecular formula is C14H11FN4O2. The third kappa shape index (κ3) is 3.06. The van der Waals surface area contributed by atoms with Gasteiger partial charge in [-0.15, -0.1) is 0 Å². The van der Waals surface area contributed by atoms with Crippen molar-refractivity contribution in [2.45, 2.75) is 0 Å². The number of methoxy groups -OCH3 is 1. The smallest absolute Gasteiger partial charge is 0.341 e. The summed E-state index contributed by atoms with van der Waals surface area (Å²) in [6.45, 7) is 0. The number of ether oxygens (including phenoxy) is 1. The number of nitrogens with one attached hydrogen (secondary N) is 1. The van der Waals surface area contributed by atoms with Gasteiger partial charge >= 0.3 is 5.97 Å². The molecule has 0 aliphatic carbocycles. The number of hydrogen-bond donors (Lipinski definition) is 2. The number of hydrogen-bond acceptors (Lipinski definition) is 6. The zero-order valence-corrected chi connectivity index (χ0v) is 11.1. The fraction of sp³-hybridized carbons (Fsp3) is 0.0714. The Bertz CT molecular complexity index is 740. The first-order chi connectivity index (χ1) is 10.0. The normalized spacial score (nSPS) is 9.76. The zero-order valence-electron chi connectivity index (χ0n) is 11.1. The second kappa shape index (κ2) is 5.88. The van der Waals surface area contributed by atoms with Crippen LogP contribution in [0.4, 0.5) is 21.6 Å². The molecule has 0 unspecified atom stereocenters. The van der Waals surface area contributed by atoms with Crippen LogP contribution in [0, 0.1) is 17.1 Å². The van der Waals surface area contributed by atoms with Gasteiger partial charge in [0.05, 0.1) is 24.6 Å². The van der Waals surface area contributed by atoms with E-state index in [0.717, 1.165) is 6.07 Å². The minimum Gasteiger partial charge on any atom is -0.465 e. The van der Waals surface area contributed by atoms with Gasteiger partial charge in [0.25, 0.3) is 0 Å². The van der Waals surface area contributed by atoms with Gasteiger partial charge in [-0.1, -0.05) is 0 Å². The molecule has 0 radical (unpaired) electrons. The van der Waals surface area contributed by atoms with E-state index in [-0.39, 0.29) is 16.9 Å². The monoisotopic (exact) mass is 286 g/mol. The summed E-state index contributed by atoms with van der Waals surface area (Å²) in [5.74, 6) is -1.03. The minimum absolute atomic E-state index is 0.116. The van der Waals surface area contributed by atoms with Crippen LogP contribution in [-0.2, 0) is 4.74 Å². The highest BCUT2D eigenvalue weighted by atomic mass is 19.1. The zero-order chi connectivity index (χ0) is 15.4.